The van der Waals surface area contributed by atoms with Crippen molar-refractivity contribution in [3.63, 3.8) is 0 Å². The van der Waals surface area contributed by atoms with Crippen LogP contribution in [0.4, 0.5) is 4.79 Å². The highest BCUT2D eigenvalue weighted by Crippen LogP contribution is 2.07. The minimum atomic E-state index is -0.992. The molecule has 0 aliphatic carbocycles. The van der Waals surface area contributed by atoms with E-state index in [9.17, 15) is 9.59 Å². The Morgan fingerprint density at radius 2 is 1.69 bits per heavy atom. The highest BCUT2D eigenvalue weighted by atomic mass is 16.4. The van der Waals surface area contributed by atoms with Gasteiger partial charge in [0.25, 0.3) is 0 Å². The van der Waals surface area contributed by atoms with Crippen LogP contribution in [0.25, 0.3) is 0 Å². The number of carbonyl (C=O) groups is 2. The van der Waals surface area contributed by atoms with Crippen LogP contribution < -0.4 is 10.6 Å². The third-order valence-electron chi connectivity index (χ3n) is 2.76. The molecule has 0 rings (SSSR count). The van der Waals surface area contributed by atoms with Crippen molar-refractivity contribution >= 4 is 12.0 Å². The topological polar surface area (TPSA) is 78.4 Å². The fraction of sp³-hybridized carbons (Fsp3) is 0.818. The summed E-state index contributed by atoms with van der Waals surface area (Å²) in [6.45, 7) is 7.53. The largest absolute Gasteiger partial charge is 0.480 e. The van der Waals surface area contributed by atoms with Crippen LogP contribution in [0, 0.1) is 5.92 Å². The van der Waals surface area contributed by atoms with Crippen LogP contribution >= 0.6 is 0 Å². The summed E-state index contributed by atoms with van der Waals surface area (Å²) in [6, 6.07) is -1.19. The van der Waals surface area contributed by atoms with E-state index in [0.29, 0.717) is 6.42 Å². The molecule has 94 valence electrons. The molecular weight excluding hydrogens is 208 g/mol. The summed E-state index contributed by atoms with van der Waals surface area (Å²) in [6.07, 6.45) is 1.52. The smallest absolute Gasteiger partial charge is 0.326 e. The van der Waals surface area contributed by atoms with E-state index >= 15 is 0 Å². The number of nitrogens with one attached hydrogen (secondary N) is 2. The maximum atomic E-state index is 11.5. The highest BCUT2D eigenvalue weighted by molar-refractivity contribution is 5.82. The van der Waals surface area contributed by atoms with Crippen molar-refractivity contribution in [2.45, 2.75) is 52.6 Å². The Balaban J connectivity index is 4.30. The summed E-state index contributed by atoms with van der Waals surface area (Å²) < 4.78 is 0. The molecule has 0 spiro atoms. The zero-order valence-corrected chi connectivity index (χ0v) is 10.4. The van der Waals surface area contributed by atoms with Crippen LogP contribution in [0.2, 0.25) is 0 Å². The van der Waals surface area contributed by atoms with Crippen LogP contribution in [-0.4, -0.2) is 29.2 Å². The molecule has 0 radical (unpaired) electrons. The summed E-state index contributed by atoms with van der Waals surface area (Å²) in [7, 11) is 0. The lowest BCUT2D eigenvalue weighted by Crippen LogP contribution is -2.50. The van der Waals surface area contributed by atoms with Gasteiger partial charge in [-0.2, -0.15) is 0 Å². The lowest BCUT2D eigenvalue weighted by molar-refractivity contribution is -0.140. The number of carbonyl (C=O) groups excluding carboxylic acids is 1. The standard InChI is InChI=1S/C11H22N2O3/c1-5-7(3)9(10(14)15)13-11(16)12-8(4)6-2/h7-9H,5-6H2,1-4H3,(H,14,15)(H2,12,13,16)/t7?,8?,9-/m0/s1. The molecule has 0 bridgehead atoms. The van der Waals surface area contributed by atoms with Crippen molar-refractivity contribution in [3.05, 3.63) is 0 Å². The van der Waals surface area contributed by atoms with Crippen molar-refractivity contribution in [1.29, 1.82) is 0 Å². The molecule has 16 heavy (non-hydrogen) atoms. The number of amides is 2. The van der Waals surface area contributed by atoms with Gasteiger partial charge in [-0.15, -0.1) is 0 Å². The van der Waals surface area contributed by atoms with Crippen LogP contribution in [0.5, 0.6) is 0 Å². The monoisotopic (exact) mass is 230 g/mol. The van der Waals surface area contributed by atoms with E-state index in [2.05, 4.69) is 10.6 Å². The van der Waals surface area contributed by atoms with Gasteiger partial charge in [0, 0.05) is 6.04 Å². The molecule has 0 fully saturated rings. The number of urea groups is 1. The van der Waals surface area contributed by atoms with Crippen molar-refractivity contribution in [2.75, 3.05) is 0 Å². The van der Waals surface area contributed by atoms with E-state index in [4.69, 9.17) is 5.11 Å². The quantitative estimate of drug-likeness (QED) is 0.648. The SMILES string of the molecule is CCC(C)NC(=O)N[C@H](C(=O)O)C(C)CC. The molecule has 0 saturated carbocycles. The Hall–Kier alpha value is -1.26. The summed E-state index contributed by atoms with van der Waals surface area (Å²) in [5.74, 6) is -1.08. The normalized spacial score (nSPS) is 16.0. The second kappa shape index (κ2) is 7.09. The third-order valence-corrected chi connectivity index (χ3v) is 2.76. The minimum absolute atomic E-state index is 0.0476. The van der Waals surface area contributed by atoms with Crippen molar-refractivity contribution in [1.82, 2.24) is 10.6 Å². The van der Waals surface area contributed by atoms with Crippen molar-refractivity contribution in [3.8, 4) is 0 Å². The summed E-state index contributed by atoms with van der Waals surface area (Å²) in [5, 5.41) is 14.1. The first kappa shape index (κ1) is 14.7. The molecule has 0 saturated heterocycles. The molecule has 5 heteroatoms. The van der Waals surface area contributed by atoms with Crippen LogP contribution in [0.15, 0.2) is 0 Å². The number of hydrogen-bond acceptors (Lipinski definition) is 2. The van der Waals surface area contributed by atoms with Crippen molar-refractivity contribution < 1.29 is 14.7 Å². The summed E-state index contributed by atoms with van der Waals surface area (Å²) >= 11 is 0. The Bertz CT molecular complexity index is 243. The van der Waals surface area contributed by atoms with Gasteiger partial charge >= 0.3 is 12.0 Å². The summed E-state index contributed by atoms with van der Waals surface area (Å²) in [5.41, 5.74) is 0. The number of rotatable bonds is 6. The van der Waals surface area contributed by atoms with Crippen molar-refractivity contribution in [2.24, 2.45) is 5.92 Å². The zero-order chi connectivity index (χ0) is 12.7. The first-order chi connectivity index (χ1) is 7.42. The first-order valence-corrected chi connectivity index (χ1v) is 5.72. The third kappa shape index (κ3) is 5.00. The average Bonchev–Trinajstić information content (AvgIpc) is 2.24. The molecule has 3 atom stereocenters. The molecule has 0 aromatic heterocycles. The van der Waals surface area contributed by atoms with Gasteiger partial charge in [0.1, 0.15) is 6.04 Å². The van der Waals surface area contributed by atoms with Gasteiger partial charge < -0.3 is 15.7 Å². The molecule has 2 amide bonds. The Labute approximate surface area is 96.6 Å². The maximum absolute atomic E-state index is 11.5. The van der Waals surface area contributed by atoms with Gasteiger partial charge in [-0.3, -0.25) is 0 Å². The van der Waals surface area contributed by atoms with E-state index in [1.807, 2.05) is 27.7 Å². The van der Waals surface area contributed by atoms with Gasteiger partial charge in [0.2, 0.25) is 0 Å². The second-order valence-electron chi connectivity index (χ2n) is 4.13. The predicted octanol–water partition coefficient (Wildman–Crippen LogP) is 1.58. The van der Waals surface area contributed by atoms with Crippen LogP contribution in [-0.2, 0) is 4.79 Å². The Morgan fingerprint density at radius 1 is 1.12 bits per heavy atom. The Kier molecular flexibility index (Phi) is 6.53. The van der Waals surface area contributed by atoms with E-state index < -0.39 is 18.0 Å². The fourth-order valence-electron chi connectivity index (χ4n) is 1.19. The highest BCUT2D eigenvalue weighted by Gasteiger charge is 2.25. The number of hydrogen-bond donors (Lipinski definition) is 3. The summed E-state index contributed by atoms with van der Waals surface area (Å²) in [4.78, 5) is 22.4. The predicted molar refractivity (Wildman–Crippen MR) is 62.3 cm³/mol. The zero-order valence-electron chi connectivity index (χ0n) is 10.4. The lowest BCUT2D eigenvalue weighted by Gasteiger charge is -2.21. The minimum Gasteiger partial charge on any atom is -0.480 e. The molecule has 0 aliphatic rings. The van der Waals surface area contributed by atoms with Gasteiger partial charge in [0.05, 0.1) is 0 Å². The molecule has 0 aliphatic heterocycles. The van der Waals surface area contributed by atoms with E-state index in [1.54, 1.807) is 0 Å². The van der Waals surface area contributed by atoms with Crippen LogP contribution in [0.1, 0.15) is 40.5 Å². The number of aliphatic carboxylic acids is 1. The van der Waals surface area contributed by atoms with Gasteiger partial charge in [-0.25, -0.2) is 9.59 Å². The molecule has 3 N–H and O–H groups in total. The van der Waals surface area contributed by atoms with Gasteiger partial charge in [-0.1, -0.05) is 27.2 Å². The fourth-order valence-corrected chi connectivity index (χ4v) is 1.19. The number of carboxylic acids is 1. The van der Waals surface area contributed by atoms with E-state index in [0.717, 1.165) is 6.42 Å². The molecular formula is C11H22N2O3. The molecule has 2 unspecified atom stereocenters. The van der Waals surface area contributed by atoms with E-state index in [-0.39, 0.29) is 12.0 Å². The molecule has 5 nitrogen and oxygen atoms in total. The maximum Gasteiger partial charge on any atom is 0.326 e. The number of carboxylic acid groups (broad SMARTS) is 1. The lowest BCUT2D eigenvalue weighted by atomic mass is 9.99. The molecule has 0 aromatic rings. The van der Waals surface area contributed by atoms with E-state index in [1.165, 1.54) is 0 Å². The van der Waals surface area contributed by atoms with Gasteiger partial charge in [-0.05, 0) is 19.3 Å². The Morgan fingerprint density at radius 3 is 2.06 bits per heavy atom. The molecule has 0 aromatic carbocycles. The average molecular weight is 230 g/mol. The van der Waals surface area contributed by atoms with Gasteiger partial charge in [0.15, 0.2) is 0 Å². The van der Waals surface area contributed by atoms with Crippen LogP contribution in [0.3, 0.4) is 0 Å². The molecule has 0 heterocycles. The second-order valence-corrected chi connectivity index (χ2v) is 4.13. The first-order valence-electron chi connectivity index (χ1n) is 5.72.